The molecule has 3 heteroatoms. The highest BCUT2D eigenvalue weighted by molar-refractivity contribution is 5.94. The fourth-order valence-electron chi connectivity index (χ4n) is 1.46. The largest absolute Gasteiger partial charge is 0.398 e. The monoisotopic (exact) mass is 225 g/mol. The number of benzene rings is 2. The summed E-state index contributed by atoms with van der Waals surface area (Å²) in [7, 11) is 0. The SMILES string of the molecule is Nc1[c]cc(C(=O)NCc2ccccc2)cc1. The molecule has 0 aliphatic heterocycles. The van der Waals surface area contributed by atoms with Gasteiger partial charge in [0.1, 0.15) is 0 Å². The van der Waals surface area contributed by atoms with Crippen LogP contribution in [-0.2, 0) is 6.54 Å². The normalized spacial score (nSPS) is 9.88. The second-order valence-electron chi connectivity index (χ2n) is 3.70. The number of carbonyl (C=O) groups excluding carboxylic acids is 1. The van der Waals surface area contributed by atoms with E-state index in [2.05, 4.69) is 11.4 Å². The number of nitrogens with two attached hydrogens (primary N) is 1. The van der Waals surface area contributed by atoms with Crippen LogP contribution in [0.25, 0.3) is 0 Å². The van der Waals surface area contributed by atoms with Gasteiger partial charge in [-0.15, -0.1) is 0 Å². The summed E-state index contributed by atoms with van der Waals surface area (Å²) >= 11 is 0. The first-order valence-corrected chi connectivity index (χ1v) is 5.35. The van der Waals surface area contributed by atoms with Crippen molar-refractivity contribution in [2.24, 2.45) is 0 Å². The Hall–Kier alpha value is -2.29. The Morgan fingerprint density at radius 1 is 1.18 bits per heavy atom. The number of nitrogens with one attached hydrogen (secondary N) is 1. The molecular formula is C14H13N2O. The van der Waals surface area contributed by atoms with Gasteiger partial charge >= 0.3 is 0 Å². The van der Waals surface area contributed by atoms with E-state index < -0.39 is 0 Å². The van der Waals surface area contributed by atoms with E-state index in [4.69, 9.17) is 5.73 Å². The average Bonchev–Trinajstić information content (AvgIpc) is 2.38. The van der Waals surface area contributed by atoms with Crippen molar-refractivity contribution in [1.82, 2.24) is 5.32 Å². The highest BCUT2D eigenvalue weighted by Gasteiger charge is 2.04. The fourth-order valence-corrected chi connectivity index (χ4v) is 1.46. The van der Waals surface area contributed by atoms with Crippen LogP contribution in [0.5, 0.6) is 0 Å². The highest BCUT2D eigenvalue weighted by Crippen LogP contribution is 2.05. The first kappa shape index (κ1) is 11.2. The van der Waals surface area contributed by atoms with Gasteiger partial charge in [-0.25, -0.2) is 0 Å². The van der Waals surface area contributed by atoms with Crippen molar-refractivity contribution >= 4 is 11.6 Å². The predicted molar refractivity (Wildman–Crippen MR) is 67.3 cm³/mol. The Bertz CT molecular complexity index is 491. The minimum atomic E-state index is -0.120. The van der Waals surface area contributed by atoms with Crippen LogP contribution in [0.3, 0.4) is 0 Å². The van der Waals surface area contributed by atoms with E-state index in [9.17, 15) is 4.79 Å². The molecule has 0 aromatic heterocycles. The van der Waals surface area contributed by atoms with E-state index in [1.54, 1.807) is 18.2 Å². The molecule has 0 aliphatic carbocycles. The molecule has 0 atom stereocenters. The van der Waals surface area contributed by atoms with Crippen LogP contribution in [0.4, 0.5) is 5.69 Å². The molecule has 0 saturated heterocycles. The molecule has 0 bridgehead atoms. The predicted octanol–water partition coefficient (Wildman–Crippen LogP) is 2.00. The zero-order chi connectivity index (χ0) is 12.1. The lowest BCUT2D eigenvalue weighted by atomic mass is 10.2. The Labute approximate surface area is 100 Å². The van der Waals surface area contributed by atoms with E-state index in [-0.39, 0.29) is 5.91 Å². The lowest BCUT2D eigenvalue weighted by Crippen LogP contribution is -2.22. The number of nitrogen functional groups attached to an aromatic ring is 1. The smallest absolute Gasteiger partial charge is 0.251 e. The summed E-state index contributed by atoms with van der Waals surface area (Å²) in [6, 6.07) is 17.5. The standard InChI is InChI=1S/C14H13N2O/c15-13-8-6-12(7-9-13)14(17)16-10-11-4-2-1-3-5-11/h1-8H,10,15H2,(H,16,17). The molecule has 2 rings (SSSR count). The van der Waals surface area contributed by atoms with Crippen molar-refractivity contribution in [3.05, 3.63) is 65.7 Å². The Morgan fingerprint density at radius 2 is 1.94 bits per heavy atom. The Kier molecular flexibility index (Phi) is 3.40. The third kappa shape index (κ3) is 3.08. The number of hydrogen-bond acceptors (Lipinski definition) is 2. The number of amides is 1. The summed E-state index contributed by atoms with van der Waals surface area (Å²) in [5.41, 5.74) is 7.67. The van der Waals surface area contributed by atoms with Crippen LogP contribution in [0, 0.1) is 6.07 Å². The number of rotatable bonds is 3. The molecule has 0 fully saturated rings. The molecule has 1 radical (unpaired) electrons. The average molecular weight is 225 g/mol. The molecule has 0 saturated carbocycles. The van der Waals surface area contributed by atoms with Crippen molar-refractivity contribution in [2.45, 2.75) is 6.54 Å². The highest BCUT2D eigenvalue weighted by atomic mass is 16.1. The van der Waals surface area contributed by atoms with Crippen molar-refractivity contribution in [1.29, 1.82) is 0 Å². The number of hydrogen-bond donors (Lipinski definition) is 2. The van der Waals surface area contributed by atoms with Gasteiger partial charge in [-0.05, 0) is 23.8 Å². The summed E-state index contributed by atoms with van der Waals surface area (Å²) in [6.45, 7) is 0.518. The second kappa shape index (κ2) is 5.16. The summed E-state index contributed by atoms with van der Waals surface area (Å²) < 4.78 is 0. The number of carbonyl (C=O) groups is 1. The van der Waals surface area contributed by atoms with Crippen molar-refractivity contribution in [3.63, 3.8) is 0 Å². The molecule has 2 aromatic rings. The lowest BCUT2D eigenvalue weighted by Gasteiger charge is -2.05. The van der Waals surface area contributed by atoms with E-state index in [0.29, 0.717) is 17.8 Å². The summed E-state index contributed by atoms with van der Waals surface area (Å²) in [5.74, 6) is -0.120. The van der Waals surface area contributed by atoms with E-state index >= 15 is 0 Å². The van der Waals surface area contributed by atoms with Gasteiger partial charge in [0.15, 0.2) is 0 Å². The minimum absolute atomic E-state index is 0.120. The molecule has 0 spiro atoms. The molecule has 0 unspecified atom stereocenters. The van der Waals surface area contributed by atoms with Crippen molar-refractivity contribution < 1.29 is 4.79 Å². The zero-order valence-corrected chi connectivity index (χ0v) is 9.31. The minimum Gasteiger partial charge on any atom is -0.398 e. The van der Waals surface area contributed by atoms with Gasteiger partial charge in [-0.3, -0.25) is 4.79 Å². The fraction of sp³-hybridized carbons (Fsp3) is 0.0714. The van der Waals surface area contributed by atoms with Crippen LogP contribution in [0.2, 0.25) is 0 Å². The van der Waals surface area contributed by atoms with Gasteiger partial charge < -0.3 is 11.1 Å². The van der Waals surface area contributed by atoms with E-state index in [1.807, 2.05) is 30.3 Å². The maximum Gasteiger partial charge on any atom is 0.251 e. The van der Waals surface area contributed by atoms with Crippen LogP contribution in [-0.4, -0.2) is 5.91 Å². The summed E-state index contributed by atoms with van der Waals surface area (Å²) in [4.78, 5) is 11.8. The van der Waals surface area contributed by atoms with Crippen molar-refractivity contribution in [2.75, 3.05) is 5.73 Å². The topological polar surface area (TPSA) is 55.1 Å². The molecule has 0 aliphatic rings. The molecule has 3 N–H and O–H groups in total. The Morgan fingerprint density at radius 3 is 2.59 bits per heavy atom. The van der Waals surface area contributed by atoms with Gasteiger partial charge in [0.25, 0.3) is 5.91 Å². The first-order chi connectivity index (χ1) is 8.25. The van der Waals surface area contributed by atoms with Crippen LogP contribution < -0.4 is 11.1 Å². The molecule has 2 aromatic carbocycles. The van der Waals surface area contributed by atoms with Gasteiger partial charge in [-0.1, -0.05) is 30.3 Å². The molecule has 85 valence electrons. The third-order valence-electron chi connectivity index (χ3n) is 2.39. The summed E-state index contributed by atoms with van der Waals surface area (Å²) in [6.07, 6.45) is 0. The summed E-state index contributed by atoms with van der Waals surface area (Å²) in [5, 5.41) is 2.83. The van der Waals surface area contributed by atoms with Gasteiger partial charge in [0, 0.05) is 23.9 Å². The molecular weight excluding hydrogens is 212 g/mol. The second-order valence-corrected chi connectivity index (χ2v) is 3.70. The maximum absolute atomic E-state index is 11.8. The van der Waals surface area contributed by atoms with Gasteiger partial charge in [0.05, 0.1) is 0 Å². The first-order valence-electron chi connectivity index (χ1n) is 5.35. The zero-order valence-electron chi connectivity index (χ0n) is 9.31. The van der Waals surface area contributed by atoms with Crippen LogP contribution >= 0.6 is 0 Å². The van der Waals surface area contributed by atoms with Gasteiger partial charge in [-0.2, -0.15) is 0 Å². The molecule has 1 amide bonds. The maximum atomic E-state index is 11.8. The van der Waals surface area contributed by atoms with Gasteiger partial charge in [0.2, 0.25) is 0 Å². The third-order valence-corrected chi connectivity index (χ3v) is 2.39. The molecule has 3 nitrogen and oxygen atoms in total. The number of anilines is 1. The van der Waals surface area contributed by atoms with Crippen LogP contribution in [0.1, 0.15) is 15.9 Å². The molecule has 17 heavy (non-hydrogen) atoms. The quantitative estimate of drug-likeness (QED) is 0.785. The van der Waals surface area contributed by atoms with Crippen LogP contribution in [0.15, 0.2) is 48.5 Å². The molecule has 0 heterocycles. The van der Waals surface area contributed by atoms with E-state index in [0.717, 1.165) is 5.56 Å². The Balaban J connectivity index is 1.96. The van der Waals surface area contributed by atoms with Crippen molar-refractivity contribution in [3.8, 4) is 0 Å². The lowest BCUT2D eigenvalue weighted by molar-refractivity contribution is 0.0951. The van der Waals surface area contributed by atoms with E-state index in [1.165, 1.54) is 0 Å².